The highest BCUT2D eigenvalue weighted by Crippen LogP contribution is 2.28. The van der Waals surface area contributed by atoms with Gasteiger partial charge in [0, 0.05) is 10.5 Å². The molecule has 1 aliphatic rings. The van der Waals surface area contributed by atoms with Crippen LogP contribution in [0.1, 0.15) is 30.4 Å². The lowest BCUT2D eigenvalue weighted by Crippen LogP contribution is -2.26. The van der Waals surface area contributed by atoms with E-state index in [4.69, 9.17) is 10.5 Å². The lowest BCUT2D eigenvalue weighted by atomic mass is 10.1. The molecule has 0 aliphatic heterocycles. The van der Waals surface area contributed by atoms with E-state index in [2.05, 4.69) is 21.2 Å². The van der Waals surface area contributed by atoms with Crippen LogP contribution in [0.5, 0.6) is 5.75 Å². The van der Waals surface area contributed by atoms with Gasteiger partial charge in [-0.3, -0.25) is 4.79 Å². The predicted octanol–water partition coefficient (Wildman–Crippen LogP) is 2.31. The fraction of sp³-hybridized carbons (Fsp3) is 0.533. The van der Waals surface area contributed by atoms with Gasteiger partial charge in [0.25, 0.3) is 0 Å². The highest BCUT2D eigenvalue weighted by atomic mass is 79.9. The number of hydrogen-bond donors (Lipinski definition) is 2. The van der Waals surface area contributed by atoms with Gasteiger partial charge in [0.05, 0.1) is 13.0 Å². The van der Waals surface area contributed by atoms with E-state index in [1.807, 2.05) is 19.1 Å². The van der Waals surface area contributed by atoms with Crippen molar-refractivity contribution in [2.75, 3.05) is 13.2 Å². The van der Waals surface area contributed by atoms with Gasteiger partial charge in [-0.2, -0.15) is 0 Å². The summed E-state index contributed by atoms with van der Waals surface area (Å²) in [6, 6.07) is 4.45. The molecule has 5 heteroatoms. The Hall–Kier alpha value is -1.07. The summed E-state index contributed by atoms with van der Waals surface area (Å²) in [7, 11) is 0. The summed E-state index contributed by atoms with van der Waals surface area (Å²) in [5.41, 5.74) is 7.78. The molecule has 1 amide bonds. The van der Waals surface area contributed by atoms with Gasteiger partial charge in [0.2, 0.25) is 5.91 Å². The first-order valence-electron chi connectivity index (χ1n) is 7.01. The lowest BCUT2D eigenvalue weighted by Gasteiger charge is -2.14. The largest absolute Gasteiger partial charge is 0.492 e. The van der Waals surface area contributed by atoms with E-state index in [1.54, 1.807) is 0 Å². The van der Waals surface area contributed by atoms with Crippen LogP contribution in [0.3, 0.4) is 0 Å². The maximum Gasteiger partial charge on any atom is 0.223 e. The molecule has 1 aromatic rings. The zero-order valence-electron chi connectivity index (χ0n) is 11.7. The molecule has 3 N–H and O–H groups in total. The number of hydrogen-bond acceptors (Lipinski definition) is 3. The molecule has 4 nitrogen and oxygen atoms in total. The summed E-state index contributed by atoms with van der Waals surface area (Å²) in [6.07, 6.45) is 3.39. The Bertz CT molecular complexity index is 487. The fourth-order valence-corrected chi connectivity index (χ4v) is 2.74. The van der Waals surface area contributed by atoms with E-state index in [0.717, 1.165) is 40.6 Å². The molecule has 1 fully saturated rings. The number of carbonyl (C=O) groups is 1. The van der Waals surface area contributed by atoms with Gasteiger partial charge < -0.3 is 15.8 Å². The molecule has 0 unspecified atom stereocenters. The van der Waals surface area contributed by atoms with Gasteiger partial charge in [-0.1, -0.05) is 15.9 Å². The van der Waals surface area contributed by atoms with Crippen molar-refractivity contribution in [3.8, 4) is 5.75 Å². The van der Waals surface area contributed by atoms with E-state index in [9.17, 15) is 4.79 Å². The Kier molecular flexibility index (Phi) is 5.43. The van der Waals surface area contributed by atoms with Gasteiger partial charge in [-0.05, 0) is 56.0 Å². The van der Waals surface area contributed by atoms with Crippen LogP contribution in [0.15, 0.2) is 16.6 Å². The second-order valence-corrected chi connectivity index (χ2v) is 6.11. The molecule has 0 saturated heterocycles. The van der Waals surface area contributed by atoms with E-state index in [0.29, 0.717) is 25.6 Å². The van der Waals surface area contributed by atoms with Crippen molar-refractivity contribution in [3.05, 3.63) is 27.7 Å². The summed E-state index contributed by atoms with van der Waals surface area (Å²) in [6.45, 7) is 2.98. The molecule has 0 radical (unpaired) electrons. The van der Waals surface area contributed by atoms with Crippen LogP contribution in [0.2, 0.25) is 0 Å². The van der Waals surface area contributed by atoms with Gasteiger partial charge in [0.1, 0.15) is 5.75 Å². The fourth-order valence-electron chi connectivity index (χ4n) is 2.12. The highest BCUT2D eigenvalue weighted by Gasteiger charge is 2.23. The van der Waals surface area contributed by atoms with Crippen molar-refractivity contribution < 1.29 is 9.53 Å². The first-order valence-corrected chi connectivity index (χ1v) is 7.80. The van der Waals surface area contributed by atoms with E-state index in [-0.39, 0.29) is 5.91 Å². The van der Waals surface area contributed by atoms with Crippen LogP contribution < -0.4 is 15.8 Å². The highest BCUT2D eigenvalue weighted by molar-refractivity contribution is 9.10. The van der Waals surface area contributed by atoms with Gasteiger partial charge >= 0.3 is 0 Å². The van der Waals surface area contributed by atoms with Gasteiger partial charge in [-0.25, -0.2) is 0 Å². The topological polar surface area (TPSA) is 64.3 Å². The predicted molar refractivity (Wildman–Crippen MR) is 82.9 cm³/mol. The van der Waals surface area contributed by atoms with Crippen molar-refractivity contribution in [1.29, 1.82) is 0 Å². The molecule has 0 aromatic heterocycles. The van der Waals surface area contributed by atoms with Crippen LogP contribution in [-0.4, -0.2) is 25.1 Å². The number of halogens is 1. The first-order chi connectivity index (χ1) is 9.60. The number of benzene rings is 1. The summed E-state index contributed by atoms with van der Waals surface area (Å²) in [5.74, 6) is 0.931. The SMILES string of the molecule is Cc1cc(Br)cc(CCN)c1OCCC(=O)NC1CC1. The van der Waals surface area contributed by atoms with Gasteiger partial charge in [0.15, 0.2) is 0 Å². The Morgan fingerprint density at radius 1 is 1.50 bits per heavy atom. The summed E-state index contributed by atoms with van der Waals surface area (Å²) >= 11 is 3.48. The number of aryl methyl sites for hydroxylation is 1. The minimum Gasteiger partial charge on any atom is -0.492 e. The van der Waals surface area contributed by atoms with E-state index in [1.165, 1.54) is 0 Å². The maximum atomic E-state index is 11.6. The summed E-state index contributed by atoms with van der Waals surface area (Å²) in [4.78, 5) is 11.6. The maximum absolute atomic E-state index is 11.6. The molecule has 2 rings (SSSR count). The van der Waals surface area contributed by atoms with Crippen LogP contribution in [0.25, 0.3) is 0 Å². The smallest absolute Gasteiger partial charge is 0.223 e. The van der Waals surface area contributed by atoms with Crippen LogP contribution in [-0.2, 0) is 11.2 Å². The zero-order chi connectivity index (χ0) is 14.5. The minimum absolute atomic E-state index is 0.0719. The normalized spacial score (nSPS) is 14.2. The average molecular weight is 341 g/mol. The van der Waals surface area contributed by atoms with Crippen molar-refractivity contribution in [2.24, 2.45) is 5.73 Å². The van der Waals surface area contributed by atoms with Gasteiger partial charge in [-0.15, -0.1) is 0 Å². The second-order valence-electron chi connectivity index (χ2n) is 5.19. The number of ether oxygens (including phenoxy) is 1. The van der Waals surface area contributed by atoms with E-state index < -0.39 is 0 Å². The van der Waals surface area contributed by atoms with E-state index >= 15 is 0 Å². The third-order valence-corrected chi connectivity index (χ3v) is 3.71. The standard InChI is InChI=1S/C15H21BrN2O2/c1-10-8-12(16)9-11(4-6-17)15(10)20-7-5-14(19)18-13-2-3-13/h8-9,13H,2-7,17H2,1H3,(H,18,19). The molecular formula is C15H21BrN2O2. The monoisotopic (exact) mass is 340 g/mol. The number of rotatable bonds is 7. The molecule has 110 valence electrons. The Labute approximate surface area is 128 Å². The van der Waals surface area contributed by atoms with Crippen molar-refractivity contribution >= 4 is 21.8 Å². The van der Waals surface area contributed by atoms with Crippen molar-refractivity contribution in [1.82, 2.24) is 5.32 Å². The molecule has 20 heavy (non-hydrogen) atoms. The quantitative estimate of drug-likeness (QED) is 0.800. The molecule has 1 aliphatic carbocycles. The molecule has 1 aromatic carbocycles. The molecule has 0 bridgehead atoms. The molecule has 1 saturated carbocycles. The Balaban J connectivity index is 1.91. The molecular weight excluding hydrogens is 320 g/mol. The van der Waals surface area contributed by atoms with Crippen LogP contribution >= 0.6 is 15.9 Å². The second kappa shape index (κ2) is 7.09. The molecule has 0 spiro atoms. The molecule has 0 heterocycles. The van der Waals surface area contributed by atoms with Crippen molar-refractivity contribution in [2.45, 2.75) is 38.6 Å². The third kappa shape index (κ3) is 4.49. The number of amides is 1. The average Bonchev–Trinajstić information content (AvgIpc) is 3.16. The van der Waals surface area contributed by atoms with Crippen LogP contribution in [0.4, 0.5) is 0 Å². The van der Waals surface area contributed by atoms with Crippen LogP contribution in [0, 0.1) is 6.92 Å². The minimum atomic E-state index is 0.0719. The number of nitrogens with two attached hydrogens (primary N) is 1. The third-order valence-electron chi connectivity index (χ3n) is 3.25. The van der Waals surface area contributed by atoms with Crippen molar-refractivity contribution in [3.63, 3.8) is 0 Å². The first kappa shape index (κ1) is 15.3. The summed E-state index contributed by atoms with van der Waals surface area (Å²) in [5, 5.41) is 2.96. The number of nitrogens with one attached hydrogen (secondary N) is 1. The Morgan fingerprint density at radius 2 is 2.25 bits per heavy atom. The summed E-state index contributed by atoms with van der Waals surface area (Å²) < 4.78 is 6.84. The molecule has 0 atom stereocenters. The Morgan fingerprint density at radius 3 is 2.90 bits per heavy atom. The lowest BCUT2D eigenvalue weighted by molar-refractivity contribution is -0.121. The number of carbonyl (C=O) groups excluding carboxylic acids is 1. The zero-order valence-corrected chi connectivity index (χ0v) is 13.3.